The highest BCUT2D eigenvalue weighted by molar-refractivity contribution is 5.33. The zero-order chi connectivity index (χ0) is 14.3. The van der Waals surface area contributed by atoms with Gasteiger partial charge < -0.3 is 10.1 Å². The third-order valence-corrected chi connectivity index (χ3v) is 3.04. The van der Waals surface area contributed by atoms with Crippen molar-refractivity contribution in [2.45, 2.75) is 33.4 Å². The molecule has 1 aromatic rings. The maximum Gasteiger partial charge on any atom is 0.127 e. The number of hydrogen-bond acceptors (Lipinski definition) is 3. The van der Waals surface area contributed by atoms with E-state index >= 15 is 0 Å². The number of halogens is 1. The Bertz CT molecular complexity index is 440. The molecule has 1 atom stereocenters. The molecule has 104 valence electrons. The van der Waals surface area contributed by atoms with Crippen molar-refractivity contribution >= 4 is 0 Å². The van der Waals surface area contributed by atoms with Crippen LogP contribution >= 0.6 is 0 Å². The number of hydrogen-bond donors (Lipinski definition) is 1. The van der Waals surface area contributed by atoms with Gasteiger partial charge in [-0.3, -0.25) is 0 Å². The SMILES string of the molecule is CCOC[C@@H](NCc1cc(C#N)ccc1F)C(C)C. The molecular weight excluding hydrogens is 243 g/mol. The van der Waals surface area contributed by atoms with Gasteiger partial charge in [-0.2, -0.15) is 5.26 Å². The van der Waals surface area contributed by atoms with E-state index in [2.05, 4.69) is 19.2 Å². The Morgan fingerprint density at radius 2 is 2.16 bits per heavy atom. The number of nitrogens with zero attached hydrogens (tertiary/aromatic N) is 1. The molecule has 4 heteroatoms. The molecule has 0 aromatic heterocycles. The molecule has 0 unspecified atom stereocenters. The monoisotopic (exact) mass is 264 g/mol. The molecule has 0 saturated carbocycles. The Labute approximate surface area is 114 Å². The summed E-state index contributed by atoms with van der Waals surface area (Å²) in [5.74, 6) is 0.110. The third-order valence-electron chi connectivity index (χ3n) is 3.04. The van der Waals surface area contributed by atoms with Crippen molar-refractivity contribution in [3.8, 4) is 6.07 Å². The number of nitrogens with one attached hydrogen (secondary N) is 1. The summed E-state index contributed by atoms with van der Waals surface area (Å²) >= 11 is 0. The molecular formula is C15H21FN2O. The van der Waals surface area contributed by atoms with E-state index in [4.69, 9.17) is 10.00 Å². The van der Waals surface area contributed by atoms with Crippen molar-refractivity contribution in [2.24, 2.45) is 5.92 Å². The van der Waals surface area contributed by atoms with Gasteiger partial charge in [0.05, 0.1) is 18.2 Å². The Hall–Kier alpha value is -1.44. The van der Waals surface area contributed by atoms with Crippen LogP contribution in [0.3, 0.4) is 0 Å². The van der Waals surface area contributed by atoms with Crippen molar-refractivity contribution in [2.75, 3.05) is 13.2 Å². The van der Waals surface area contributed by atoms with Crippen LogP contribution in [-0.4, -0.2) is 19.3 Å². The van der Waals surface area contributed by atoms with Gasteiger partial charge in [0.2, 0.25) is 0 Å². The second kappa shape index (κ2) is 7.88. The summed E-state index contributed by atoms with van der Waals surface area (Å²) in [6, 6.07) is 6.60. The van der Waals surface area contributed by atoms with Gasteiger partial charge in [-0.15, -0.1) is 0 Å². The quantitative estimate of drug-likeness (QED) is 0.823. The largest absolute Gasteiger partial charge is 0.380 e. The van der Waals surface area contributed by atoms with E-state index in [1.165, 1.54) is 12.1 Å². The van der Waals surface area contributed by atoms with E-state index in [-0.39, 0.29) is 11.9 Å². The summed E-state index contributed by atoms with van der Waals surface area (Å²) < 4.78 is 19.0. The molecule has 0 fully saturated rings. The Morgan fingerprint density at radius 3 is 2.74 bits per heavy atom. The van der Waals surface area contributed by atoms with Gasteiger partial charge >= 0.3 is 0 Å². The molecule has 0 spiro atoms. The lowest BCUT2D eigenvalue weighted by atomic mass is 10.0. The molecule has 1 rings (SSSR count). The average molecular weight is 264 g/mol. The first-order chi connectivity index (χ1) is 9.08. The number of ether oxygens (including phenoxy) is 1. The first-order valence-electron chi connectivity index (χ1n) is 6.58. The summed E-state index contributed by atoms with van der Waals surface area (Å²) in [6.45, 7) is 7.82. The topological polar surface area (TPSA) is 45.0 Å². The highest BCUT2D eigenvalue weighted by Gasteiger charge is 2.14. The molecule has 0 bridgehead atoms. The van der Waals surface area contributed by atoms with Gasteiger partial charge in [0.25, 0.3) is 0 Å². The second-order valence-corrected chi connectivity index (χ2v) is 4.81. The van der Waals surface area contributed by atoms with Crippen LogP contribution in [0.4, 0.5) is 4.39 Å². The molecule has 0 radical (unpaired) electrons. The van der Waals surface area contributed by atoms with Gasteiger partial charge in [-0.05, 0) is 31.0 Å². The van der Waals surface area contributed by atoms with E-state index in [0.717, 1.165) is 0 Å². The smallest absolute Gasteiger partial charge is 0.127 e. The molecule has 1 N–H and O–H groups in total. The fraction of sp³-hybridized carbons (Fsp3) is 0.533. The van der Waals surface area contributed by atoms with E-state index < -0.39 is 0 Å². The molecule has 0 aliphatic carbocycles. The highest BCUT2D eigenvalue weighted by Crippen LogP contribution is 2.11. The molecule has 0 amide bonds. The molecule has 3 nitrogen and oxygen atoms in total. The predicted octanol–water partition coefficient (Wildman–Crippen LogP) is 2.85. The Morgan fingerprint density at radius 1 is 1.42 bits per heavy atom. The third kappa shape index (κ3) is 4.98. The van der Waals surface area contributed by atoms with Crippen LogP contribution in [0.15, 0.2) is 18.2 Å². The number of nitriles is 1. The average Bonchev–Trinajstić information content (AvgIpc) is 2.40. The highest BCUT2D eigenvalue weighted by atomic mass is 19.1. The fourth-order valence-electron chi connectivity index (χ4n) is 1.75. The van der Waals surface area contributed by atoms with Gasteiger partial charge in [0, 0.05) is 24.8 Å². The Kier molecular flexibility index (Phi) is 6.48. The van der Waals surface area contributed by atoms with Crippen LogP contribution in [0, 0.1) is 23.1 Å². The van der Waals surface area contributed by atoms with Crippen LogP contribution in [0.25, 0.3) is 0 Å². The lowest BCUT2D eigenvalue weighted by Crippen LogP contribution is -2.37. The minimum atomic E-state index is -0.287. The van der Waals surface area contributed by atoms with Crippen LogP contribution in [-0.2, 0) is 11.3 Å². The predicted molar refractivity (Wildman–Crippen MR) is 73.1 cm³/mol. The Balaban J connectivity index is 2.66. The lowest BCUT2D eigenvalue weighted by Gasteiger charge is -2.22. The van der Waals surface area contributed by atoms with E-state index in [9.17, 15) is 4.39 Å². The minimum absolute atomic E-state index is 0.171. The molecule has 0 aliphatic heterocycles. The van der Waals surface area contributed by atoms with Crippen molar-refractivity contribution in [1.82, 2.24) is 5.32 Å². The van der Waals surface area contributed by atoms with Gasteiger partial charge in [0.1, 0.15) is 5.82 Å². The molecule has 0 saturated heterocycles. The lowest BCUT2D eigenvalue weighted by molar-refractivity contribution is 0.107. The van der Waals surface area contributed by atoms with Gasteiger partial charge in [-0.25, -0.2) is 4.39 Å². The zero-order valence-electron chi connectivity index (χ0n) is 11.7. The fourth-order valence-corrected chi connectivity index (χ4v) is 1.75. The summed E-state index contributed by atoms with van der Waals surface area (Å²) in [4.78, 5) is 0. The molecule has 0 aliphatic rings. The molecule has 0 heterocycles. The van der Waals surface area contributed by atoms with Crippen LogP contribution in [0.1, 0.15) is 31.9 Å². The summed E-state index contributed by atoms with van der Waals surface area (Å²) in [7, 11) is 0. The zero-order valence-corrected chi connectivity index (χ0v) is 11.7. The maximum absolute atomic E-state index is 13.6. The van der Waals surface area contributed by atoms with E-state index in [0.29, 0.717) is 36.8 Å². The maximum atomic E-state index is 13.6. The van der Waals surface area contributed by atoms with Crippen LogP contribution < -0.4 is 5.32 Å². The number of rotatable bonds is 7. The standard InChI is InChI=1S/C15H21FN2O/c1-4-19-10-15(11(2)3)18-9-13-7-12(8-17)5-6-14(13)16/h5-7,11,15,18H,4,9-10H2,1-3H3/t15-/m1/s1. The van der Waals surface area contributed by atoms with Crippen molar-refractivity contribution in [3.05, 3.63) is 35.1 Å². The van der Waals surface area contributed by atoms with Crippen molar-refractivity contribution < 1.29 is 9.13 Å². The molecule has 19 heavy (non-hydrogen) atoms. The number of benzene rings is 1. The first kappa shape index (κ1) is 15.6. The summed E-state index contributed by atoms with van der Waals surface area (Å²) in [5, 5.41) is 12.1. The second-order valence-electron chi connectivity index (χ2n) is 4.81. The van der Waals surface area contributed by atoms with E-state index in [1.54, 1.807) is 6.07 Å². The van der Waals surface area contributed by atoms with E-state index in [1.807, 2.05) is 13.0 Å². The van der Waals surface area contributed by atoms with Crippen LogP contribution in [0.5, 0.6) is 0 Å². The normalized spacial score (nSPS) is 12.4. The summed E-state index contributed by atoms with van der Waals surface area (Å²) in [6.07, 6.45) is 0. The minimum Gasteiger partial charge on any atom is -0.380 e. The summed E-state index contributed by atoms with van der Waals surface area (Å²) in [5.41, 5.74) is 0.991. The first-order valence-corrected chi connectivity index (χ1v) is 6.58. The molecule has 1 aromatic carbocycles. The van der Waals surface area contributed by atoms with Crippen molar-refractivity contribution in [3.63, 3.8) is 0 Å². The van der Waals surface area contributed by atoms with Crippen LogP contribution in [0.2, 0.25) is 0 Å². The van der Waals surface area contributed by atoms with Crippen molar-refractivity contribution in [1.29, 1.82) is 5.26 Å². The van der Waals surface area contributed by atoms with Gasteiger partial charge in [-0.1, -0.05) is 13.8 Å². The van der Waals surface area contributed by atoms with Gasteiger partial charge in [0.15, 0.2) is 0 Å².